The topological polar surface area (TPSA) is 46.5 Å². The second-order valence-corrected chi connectivity index (χ2v) is 7.03. The number of thioether (sulfide) groups is 1. The third-order valence-corrected chi connectivity index (χ3v) is 5.30. The third-order valence-electron chi connectivity index (χ3n) is 4.01. The summed E-state index contributed by atoms with van der Waals surface area (Å²) in [5.41, 5.74) is 2.53. The number of allylic oxidation sites excluding steroid dienone is 4. The first-order valence-electron chi connectivity index (χ1n) is 7.83. The molecule has 0 aromatic rings. The van der Waals surface area contributed by atoms with E-state index in [1.807, 2.05) is 18.7 Å². The monoisotopic (exact) mass is 317 g/mol. The molecule has 22 heavy (non-hydrogen) atoms. The van der Waals surface area contributed by atoms with Gasteiger partial charge in [-0.2, -0.15) is 0 Å². The van der Waals surface area contributed by atoms with Crippen LogP contribution in [0.4, 0.5) is 0 Å². The van der Waals surface area contributed by atoms with Crippen molar-refractivity contribution in [2.45, 2.75) is 57.7 Å². The molecule has 0 saturated heterocycles. The SMILES string of the molecule is CCC(=O)/C(CCCC1=N[C@@H]2C=C(C)C=C[C@@H]2S1)=C(/C)C=O. The van der Waals surface area contributed by atoms with Crippen molar-refractivity contribution < 1.29 is 9.59 Å². The van der Waals surface area contributed by atoms with Crippen molar-refractivity contribution in [2.75, 3.05) is 0 Å². The summed E-state index contributed by atoms with van der Waals surface area (Å²) >= 11 is 1.82. The fourth-order valence-electron chi connectivity index (χ4n) is 2.73. The molecule has 0 fully saturated rings. The molecule has 1 aliphatic heterocycles. The third kappa shape index (κ3) is 4.07. The van der Waals surface area contributed by atoms with Gasteiger partial charge in [0, 0.05) is 12.0 Å². The summed E-state index contributed by atoms with van der Waals surface area (Å²) in [6, 6.07) is 0.272. The van der Waals surface area contributed by atoms with E-state index in [1.165, 1.54) is 5.57 Å². The zero-order chi connectivity index (χ0) is 16.1. The number of carbonyl (C=O) groups is 2. The van der Waals surface area contributed by atoms with Gasteiger partial charge in [0.25, 0.3) is 0 Å². The highest BCUT2D eigenvalue weighted by Crippen LogP contribution is 2.34. The molecule has 0 unspecified atom stereocenters. The van der Waals surface area contributed by atoms with Crippen molar-refractivity contribution >= 4 is 28.9 Å². The van der Waals surface area contributed by atoms with Gasteiger partial charge in [-0.25, -0.2) is 0 Å². The van der Waals surface area contributed by atoms with E-state index >= 15 is 0 Å². The molecular weight excluding hydrogens is 294 g/mol. The van der Waals surface area contributed by atoms with E-state index in [9.17, 15) is 9.59 Å². The zero-order valence-corrected chi connectivity index (χ0v) is 14.3. The number of ketones is 1. The van der Waals surface area contributed by atoms with Crippen molar-refractivity contribution in [3.63, 3.8) is 0 Å². The van der Waals surface area contributed by atoms with Crippen molar-refractivity contribution in [3.05, 3.63) is 34.9 Å². The predicted molar refractivity (Wildman–Crippen MR) is 93.4 cm³/mol. The number of carbonyl (C=O) groups excluding carboxylic acids is 2. The lowest BCUT2D eigenvalue weighted by molar-refractivity contribution is -0.116. The zero-order valence-electron chi connectivity index (χ0n) is 13.5. The molecule has 1 heterocycles. The van der Waals surface area contributed by atoms with E-state index < -0.39 is 0 Å². The Labute approximate surface area is 136 Å². The van der Waals surface area contributed by atoms with Crippen LogP contribution in [0.3, 0.4) is 0 Å². The lowest BCUT2D eigenvalue weighted by Crippen LogP contribution is -2.15. The normalized spacial score (nSPS) is 24.3. The minimum Gasteiger partial charge on any atom is -0.298 e. The number of aliphatic imine (C=N–C) groups is 1. The molecule has 3 nitrogen and oxygen atoms in total. The van der Waals surface area contributed by atoms with Gasteiger partial charge in [0.15, 0.2) is 5.78 Å². The lowest BCUT2D eigenvalue weighted by Gasteiger charge is -2.14. The van der Waals surface area contributed by atoms with Crippen molar-refractivity contribution in [1.82, 2.24) is 0 Å². The van der Waals surface area contributed by atoms with Crippen LogP contribution in [0, 0.1) is 0 Å². The number of rotatable bonds is 7. The minimum atomic E-state index is 0.0841. The Bertz CT molecular complexity index is 584. The molecule has 2 rings (SSSR count). The van der Waals surface area contributed by atoms with Gasteiger partial charge in [0.1, 0.15) is 6.29 Å². The highest BCUT2D eigenvalue weighted by molar-refractivity contribution is 8.14. The summed E-state index contributed by atoms with van der Waals surface area (Å²) in [6.07, 6.45) is 10.2. The summed E-state index contributed by atoms with van der Waals surface area (Å²) < 4.78 is 0. The van der Waals surface area contributed by atoms with Crippen LogP contribution < -0.4 is 0 Å². The van der Waals surface area contributed by atoms with E-state index in [4.69, 9.17) is 4.99 Å². The van der Waals surface area contributed by atoms with Gasteiger partial charge in [-0.3, -0.25) is 14.6 Å². The van der Waals surface area contributed by atoms with Gasteiger partial charge in [-0.05, 0) is 38.7 Å². The average molecular weight is 317 g/mol. The Kier molecular flexibility index (Phi) is 5.95. The van der Waals surface area contributed by atoms with Crippen LogP contribution in [0.15, 0.2) is 39.9 Å². The Morgan fingerprint density at radius 1 is 1.45 bits per heavy atom. The fraction of sp³-hybridized carbons (Fsp3) is 0.500. The molecule has 0 amide bonds. The van der Waals surface area contributed by atoms with E-state index in [0.717, 1.165) is 24.2 Å². The first-order valence-corrected chi connectivity index (χ1v) is 8.71. The number of fused-ring (bicyclic) bond motifs is 1. The van der Waals surface area contributed by atoms with Gasteiger partial charge in [-0.1, -0.05) is 30.7 Å². The summed E-state index contributed by atoms with van der Waals surface area (Å²) in [6.45, 7) is 5.66. The van der Waals surface area contributed by atoms with E-state index in [-0.39, 0.29) is 11.8 Å². The van der Waals surface area contributed by atoms with Crippen molar-refractivity contribution in [2.24, 2.45) is 4.99 Å². The summed E-state index contributed by atoms with van der Waals surface area (Å²) in [5.74, 6) is 0.0841. The van der Waals surface area contributed by atoms with Crippen LogP contribution in [0.2, 0.25) is 0 Å². The van der Waals surface area contributed by atoms with E-state index in [1.54, 1.807) is 6.92 Å². The summed E-state index contributed by atoms with van der Waals surface area (Å²) in [4.78, 5) is 27.6. The Hall–Kier alpha value is -1.42. The van der Waals surface area contributed by atoms with Crippen LogP contribution in [-0.2, 0) is 9.59 Å². The maximum Gasteiger partial charge on any atom is 0.158 e. The van der Waals surface area contributed by atoms with Crippen molar-refractivity contribution in [3.8, 4) is 0 Å². The number of Topliss-reactive ketones (excluding diaryl/α,β-unsaturated/α-hetero) is 1. The molecule has 0 radical (unpaired) electrons. The van der Waals surface area contributed by atoms with Crippen LogP contribution in [0.5, 0.6) is 0 Å². The standard InChI is InChI=1S/C18H23NO2S/c1-4-16(21)14(13(3)11-20)6-5-7-18-19-15-10-12(2)8-9-17(15)22-18/h8-11,15,17H,4-7H2,1-3H3/b14-13-/t15-,17+/m1/s1. The summed E-state index contributed by atoms with van der Waals surface area (Å²) in [5, 5.41) is 1.60. The van der Waals surface area contributed by atoms with Gasteiger partial charge < -0.3 is 0 Å². The second-order valence-electron chi connectivity index (χ2n) is 5.78. The largest absolute Gasteiger partial charge is 0.298 e. The molecule has 0 aromatic carbocycles. The van der Waals surface area contributed by atoms with E-state index in [2.05, 4.69) is 25.2 Å². The average Bonchev–Trinajstić information content (AvgIpc) is 2.91. The molecule has 0 N–H and O–H groups in total. The molecule has 0 saturated carbocycles. The molecule has 1 aliphatic carbocycles. The minimum absolute atomic E-state index is 0.0841. The first kappa shape index (κ1) is 16.9. The number of aldehydes is 1. The van der Waals surface area contributed by atoms with Crippen LogP contribution >= 0.6 is 11.8 Å². The molecule has 2 atom stereocenters. The maximum atomic E-state index is 11.9. The van der Waals surface area contributed by atoms with Crippen LogP contribution in [-0.4, -0.2) is 28.4 Å². The molecule has 2 aliphatic rings. The predicted octanol–water partition coefficient (Wildman–Crippen LogP) is 4.05. The first-order chi connectivity index (χ1) is 10.5. The molecule has 0 aromatic heterocycles. The smallest absolute Gasteiger partial charge is 0.158 e. The Balaban J connectivity index is 1.91. The Morgan fingerprint density at radius 3 is 2.91 bits per heavy atom. The number of hydrogen-bond acceptors (Lipinski definition) is 4. The van der Waals surface area contributed by atoms with Gasteiger partial charge in [-0.15, -0.1) is 11.8 Å². The molecule has 118 valence electrons. The molecule has 0 spiro atoms. The van der Waals surface area contributed by atoms with Crippen LogP contribution in [0.1, 0.15) is 46.5 Å². The second kappa shape index (κ2) is 7.73. The van der Waals surface area contributed by atoms with Crippen molar-refractivity contribution in [1.29, 1.82) is 0 Å². The van der Waals surface area contributed by atoms with E-state index in [0.29, 0.717) is 29.2 Å². The highest BCUT2D eigenvalue weighted by atomic mass is 32.2. The van der Waals surface area contributed by atoms with Gasteiger partial charge in [0.2, 0.25) is 0 Å². The van der Waals surface area contributed by atoms with Crippen LogP contribution in [0.25, 0.3) is 0 Å². The highest BCUT2D eigenvalue weighted by Gasteiger charge is 2.28. The molecule has 4 heteroatoms. The number of hydrogen-bond donors (Lipinski definition) is 0. The van der Waals surface area contributed by atoms with Gasteiger partial charge in [0.05, 0.1) is 16.3 Å². The number of nitrogens with zero attached hydrogens (tertiary/aromatic N) is 1. The van der Waals surface area contributed by atoms with Gasteiger partial charge >= 0.3 is 0 Å². The molecular formula is C18H23NO2S. The molecule has 0 bridgehead atoms. The summed E-state index contributed by atoms with van der Waals surface area (Å²) in [7, 11) is 0. The quantitative estimate of drug-likeness (QED) is 0.525. The maximum absolute atomic E-state index is 11.9. The Morgan fingerprint density at radius 2 is 2.23 bits per heavy atom. The lowest BCUT2D eigenvalue weighted by atomic mass is 9.98. The fourth-order valence-corrected chi connectivity index (χ4v) is 3.93.